The van der Waals surface area contributed by atoms with Crippen molar-refractivity contribution in [2.24, 2.45) is 0 Å². The minimum absolute atomic E-state index is 0.0785. The first-order valence-electron chi connectivity index (χ1n) is 9.96. The van der Waals surface area contributed by atoms with E-state index in [0.29, 0.717) is 29.7 Å². The molecule has 0 aliphatic heterocycles. The van der Waals surface area contributed by atoms with Gasteiger partial charge in [0.2, 0.25) is 5.91 Å². The van der Waals surface area contributed by atoms with Crippen LogP contribution in [0.15, 0.2) is 29.6 Å². The van der Waals surface area contributed by atoms with Gasteiger partial charge in [-0.1, -0.05) is 17.8 Å². The topological polar surface area (TPSA) is 103 Å². The minimum Gasteiger partial charge on any atom is -0.493 e. The molecule has 0 spiro atoms. The SMILES string of the molecule is COc1ccc(CC(=O)NCCn2ncc3c(NC(C)C)nc(SC)nc32)cc1OC. The summed E-state index contributed by atoms with van der Waals surface area (Å²) in [6.45, 7) is 5.07. The third-order valence-corrected chi connectivity index (χ3v) is 5.09. The lowest BCUT2D eigenvalue weighted by atomic mass is 10.1. The number of nitrogens with zero attached hydrogens (tertiary/aromatic N) is 4. The zero-order valence-electron chi connectivity index (χ0n) is 18.4. The second kappa shape index (κ2) is 10.3. The number of carbonyl (C=O) groups excluding carboxylic acids is 1. The van der Waals surface area contributed by atoms with Crippen molar-refractivity contribution in [1.82, 2.24) is 25.1 Å². The van der Waals surface area contributed by atoms with Crippen molar-refractivity contribution in [3.8, 4) is 11.5 Å². The maximum atomic E-state index is 12.4. The molecule has 2 aromatic heterocycles. The molecule has 0 radical (unpaired) electrons. The fourth-order valence-corrected chi connectivity index (χ4v) is 3.47. The highest BCUT2D eigenvalue weighted by molar-refractivity contribution is 7.98. The lowest BCUT2D eigenvalue weighted by Crippen LogP contribution is -2.29. The predicted octanol–water partition coefficient (Wildman–Crippen LogP) is 2.74. The Labute approximate surface area is 185 Å². The van der Waals surface area contributed by atoms with E-state index in [1.54, 1.807) is 31.2 Å². The maximum Gasteiger partial charge on any atom is 0.224 e. The number of amides is 1. The van der Waals surface area contributed by atoms with E-state index in [0.717, 1.165) is 22.4 Å². The van der Waals surface area contributed by atoms with Crippen LogP contribution in [0.3, 0.4) is 0 Å². The monoisotopic (exact) mass is 444 g/mol. The Kier molecular flexibility index (Phi) is 7.56. The molecule has 0 fully saturated rings. The van der Waals surface area contributed by atoms with Crippen molar-refractivity contribution in [2.75, 3.05) is 32.3 Å². The third kappa shape index (κ3) is 5.57. The molecule has 9 nitrogen and oxygen atoms in total. The highest BCUT2D eigenvalue weighted by atomic mass is 32.2. The Morgan fingerprint density at radius 1 is 1.19 bits per heavy atom. The number of nitrogens with one attached hydrogen (secondary N) is 2. The molecule has 10 heteroatoms. The number of anilines is 1. The highest BCUT2D eigenvalue weighted by Gasteiger charge is 2.14. The number of thioether (sulfide) groups is 1. The molecule has 0 unspecified atom stereocenters. The van der Waals surface area contributed by atoms with E-state index >= 15 is 0 Å². The Morgan fingerprint density at radius 2 is 1.97 bits per heavy atom. The van der Waals surface area contributed by atoms with Crippen LogP contribution >= 0.6 is 11.8 Å². The fourth-order valence-electron chi connectivity index (χ4n) is 3.11. The fraction of sp³-hybridized carbons (Fsp3) is 0.429. The standard InChI is InChI=1S/C21H28N6O3S/c1-13(2)24-19-15-12-23-27(20(15)26-21(25-19)31-5)9-8-22-18(28)11-14-6-7-16(29-3)17(10-14)30-4/h6-7,10,12-13H,8-9,11H2,1-5H3,(H,22,28)(H,24,25,26). The molecule has 0 aliphatic rings. The molecule has 0 atom stereocenters. The lowest BCUT2D eigenvalue weighted by Gasteiger charge is -2.11. The zero-order chi connectivity index (χ0) is 22.4. The normalized spacial score (nSPS) is 11.0. The Morgan fingerprint density at radius 3 is 2.65 bits per heavy atom. The van der Waals surface area contributed by atoms with E-state index in [-0.39, 0.29) is 18.4 Å². The van der Waals surface area contributed by atoms with Crippen molar-refractivity contribution < 1.29 is 14.3 Å². The van der Waals surface area contributed by atoms with Crippen LogP contribution in [0.25, 0.3) is 11.0 Å². The second-order valence-corrected chi connectivity index (χ2v) is 7.95. The zero-order valence-corrected chi connectivity index (χ0v) is 19.2. The Bertz CT molecular complexity index is 1050. The van der Waals surface area contributed by atoms with E-state index in [2.05, 4.69) is 39.5 Å². The lowest BCUT2D eigenvalue weighted by molar-refractivity contribution is -0.120. The van der Waals surface area contributed by atoms with Crippen LogP contribution in [-0.2, 0) is 17.8 Å². The largest absolute Gasteiger partial charge is 0.493 e. The number of hydrogen-bond acceptors (Lipinski definition) is 8. The number of carbonyl (C=O) groups is 1. The van der Waals surface area contributed by atoms with Crippen LogP contribution in [0.4, 0.5) is 5.82 Å². The molecule has 1 aromatic carbocycles. The summed E-state index contributed by atoms with van der Waals surface area (Å²) < 4.78 is 12.3. The number of fused-ring (bicyclic) bond motifs is 1. The van der Waals surface area contributed by atoms with Crippen LogP contribution in [0, 0.1) is 0 Å². The Balaban J connectivity index is 1.64. The van der Waals surface area contributed by atoms with Gasteiger partial charge in [0, 0.05) is 12.6 Å². The van der Waals surface area contributed by atoms with Crippen LogP contribution in [0.5, 0.6) is 11.5 Å². The van der Waals surface area contributed by atoms with Gasteiger partial charge < -0.3 is 20.1 Å². The molecule has 166 valence electrons. The van der Waals surface area contributed by atoms with Gasteiger partial charge in [-0.25, -0.2) is 14.6 Å². The molecule has 2 heterocycles. The van der Waals surface area contributed by atoms with E-state index in [4.69, 9.17) is 9.47 Å². The van der Waals surface area contributed by atoms with Crippen molar-refractivity contribution in [3.05, 3.63) is 30.0 Å². The quantitative estimate of drug-likeness (QED) is 0.363. The molecule has 2 N–H and O–H groups in total. The Hall–Kier alpha value is -3.01. The van der Waals surface area contributed by atoms with Gasteiger partial charge in [-0.05, 0) is 37.8 Å². The number of hydrogen-bond donors (Lipinski definition) is 2. The van der Waals surface area contributed by atoms with E-state index < -0.39 is 0 Å². The van der Waals surface area contributed by atoms with Gasteiger partial charge in [0.1, 0.15) is 5.82 Å². The summed E-state index contributed by atoms with van der Waals surface area (Å²) in [5.41, 5.74) is 1.60. The molecule has 0 saturated heterocycles. The molecular weight excluding hydrogens is 416 g/mol. The van der Waals surface area contributed by atoms with Crippen LogP contribution in [0.2, 0.25) is 0 Å². The van der Waals surface area contributed by atoms with Crippen LogP contribution in [-0.4, -0.2) is 58.7 Å². The number of aromatic nitrogens is 4. The van der Waals surface area contributed by atoms with E-state index in [1.807, 2.05) is 18.4 Å². The molecule has 1 amide bonds. The molecule has 0 aliphatic carbocycles. The number of methoxy groups -OCH3 is 2. The average Bonchev–Trinajstić information content (AvgIpc) is 3.16. The highest BCUT2D eigenvalue weighted by Crippen LogP contribution is 2.27. The summed E-state index contributed by atoms with van der Waals surface area (Å²) >= 11 is 1.48. The first kappa shape index (κ1) is 22.7. The second-order valence-electron chi connectivity index (χ2n) is 7.18. The van der Waals surface area contributed by atoms with Gasteiger partial charge in [0.15, 0.2) is 22.3 Å². The first-order valence-corrected chi connectivity index (χ1v) is 11.2. The summed E-state index contributed by atoms with van der Waals surface area (Å²) in [5, 5.41) is 12.3. The van der Waals surface area contributed by atoms with E-state index in [9.17, 15) is 4.79 Å². The smallest absolute Gasteiger partial charge is 0.224 e. The van der Waals surface area contributed by atoms with Gasteiger partial charge in [-0.15, -0.1) is 0 Å². The molecule has 3 rings (SSSR count). The summed E-state index contributed by atoms with van der Waals surface area (Å²) in [6, 6.07) is 5.70. The number of ether oxygens (including phenoxy) is 2. The average molecular weight is 445 g/mol. The third-order valence-electron chi connectivity index (χ3n) is 4.54. The van der Waals surface area contributed by atoms with Gasteiger partial charge >= 0.3 is 0 Å². The van der Waals surface area contributed by atoms with Crippen molar-refractivity contribution in [1.29, 1.82) is 0 Å². The minimum atomic E-state index is -0.0785. The molecule has 0 saturated carbocycles. The van der Waals surface area contributed by atoms with Crippen molar-refractivity contribution >= 4 is 34.5 Å². The predicted molar refractivity (Wildman–Crippen MR) is 122 cm³/mol. The number of benzene rings is 1. The molecule has 0 bridgehead atoms. The molecule has 3 aromatic rings. The van der Waals surface area contributed by atoms with Gasteiger partial charge in [-0.3, -0.25) is 4.79 Å². The molecular formula is C21H28N6O3S. The van der Waals surface area contributed by atoms with E-state index in [1.165, 1.54) is 11.8 Å². The molecule has 31 heavy (non-hydrogen) atoms. The van der Waals surface area contributed by atoms with Gasteiger partial charge in [0.05, 0.1) is 38.8 Å². The van der Waals surface area contributed by atoms with Crippen LogP contribution < -0.4 is 20.1 Å². The maximum absolute atomic E-state index is 12.4. The first-order chi connectivity index (χ1) is 14.9. The van der Waals surface area contributed by atoms with Crippen molar-refractivity contribution in [3.63, 3.8) is 0 Å². The van der Waals surface area contributed by atoms with Crippen LogP contribution in [0.1, 0.15) is 19.4 Å². The van der Waals surface area contributed by atoms with Crippen molar-refractivity contribution in [2.45, 2.75) is 38.0 Å². The number of rotatable bonds is 10. The summed E-state index contributed by atoms with van der Waals surface area (Å²) in [4.78, 5) is 21.5. The van der Waals surface area contributed by atoms with Gasteiger partial charge in [0.25, 0.3) is 0 Å². The summed E-state index contributed by atoms with van der Waals surface area (Å²) in [5.74, 6) is 1.93. The summed E-state index contributed by atoms with van der Waals surface area (Å²) in [7, 11) is 3.16. The van der Waals surface area contributed by atoms with Gasteiger partial charge in [-0.2, -0.15) is 5.10 Å². The summed E-state index contributed by atoms with van der Waals surface area (Å²) in [6.07, 6.45) is 3.95.